The summed E-state index contributed by atoms with van der Waals surface area (Å²) in [6, 6.07) is 36.8. The molecule has 0 atom stereocenters. The zero-order valence-corrected chi connectivity index (χ0v) is 27.9. The molecule has 4 nitrogen and oxygen atoms in total. The van der Waals surface area contributed by atoms with E-state index >= 15 is 0 Å². The van der Waals surface area contributed by atoms with Gasteiger partial charge in [0.15, 0.2) is 0 Å². The van der Waals surface area contributed by atoms with Crippen molar-refractivity contribution in [2.24, 2.45) is 0 Å². The largest absolute Gasteiger partial charge is 0.486 e. The first kappa shape index (κ1) is 31.0. The average molecular weight is 752 g/mol. The Labute approximate surface area is 272 Å². The van der Waals surface area contributed by atoms with E-state index in [1.165, 1.54) is 27.8 Å². The van der Waals surface area contributed by atoms with E-state index in [1.807, 2.05) is 60.8 Å². The Kier molecular flexibility index (Phi) is 9.49. The van der Waals surface area contributed by atoms with Crippen molar-refractivity contribution in [3.05, 3.63) is 138 Å². The van der Waals surface area contributed by atoms with Crippen molar-refractivity contribution in [3.63, 3.8) is 0 Å². The van der Waals surface area contributed by atoms with Gasteiger partial charge in [0.25, 0.3) is 0 Å². The third-order valence-corrected chi connectivity index (χ3v) is 7.72. The van der Waals surface area contributed by atoms with Crippen LogP contribution in [0.4, 0.5) is 0 Å². The average Bonchev–Trinajstić information content (AvgIpc) is 3.40. The Morgan fingerprint density at radius 3 is 2.16 bits per heavy atom. The molecule has 44 heavy (non-hydrogen) atoms. The van der Waals surface area contributed by atoms with Crippen molar-refractivity contribution in [1.29, 1.82) is 0 Å². The normalized spacial score (nSPS) is 10.9. The number of hydrogen-bond donors (Lipinski definition) is 0. The molecule has 4 aromatic heterocycles. The molecule has 5 heteroatoms. The van der Waals surface area contributed by atoms with Crippen molar-refractivity contribution in [1.82, 2.24) is 15.0 Å². The second kappa shape index (κ2) is 13.5. The summed E-state index contributed by atoms with van der Waals surface area (Å²) in [7, 11) is 0. The second-order valence-corrected chi connectivity index (χ2v) is 11.1. The van der Waals surface area contributed by atoms with Gasteiger partial charge in [0, 0.05) is 43.4 Å². The molecule has 0 aliphatic heterocycles. The van der Waals surface area contributed by atoms with Gasteiger partial charge >= 0.3 is 0 Å². The van der Waals surface area contributed by atoms with Crippen LogP contribution in [0.1, 0.15) is 42.0 Å². The Balaban J connectivity index is 0.000000248. The van der Waals surface area contributed by atoms with Crippen molar-refractivity contribution < 1.29 is 24.5 Å². The molecule has 0 N–H and O–H groups in total. The molecule has 221 valence electrons. The number of fused-ring (bicyclic) bond motifs is 3. The van der Waals surface area contributed by atoms with E-state index in [-0.39, 0.29) is 20.1 Å². The van der Waals surface area contributed by atoms with Crippen LogP contribution in [0.15, 0.2) is 108 Å². The Morgan fingerprint density at radius 2 is 1.48 bits per heavy atom. The molecule has 0 saturated heterocycles. The van der Waals surface area contributed by atoms with Crippen LogP contribution < -0.4 is 0 Å². The number of nitrogens with zero attached hydrogens (tertiary/aromatic N) is 3. The fraction of sp³-hybridized carbons (Fsp3) is 0.154. The first-order valence-electron chi connectivity index (χ1n) is 14.6. The zero-order chi connectivity index (χ0) is 29.9. The molecule has 0 aliphatic rings. The summed E-state index contributed by atoms with van der Waals surface area (Å²) in [4.78, 5) is 13.8. The topological polar surface area (TPSA) is 51.8 Å². The van der Waals surface area contributed by atoms with Gasteiger partial charge in [-0.3, -0.25) is 0 Å². The van der Waals surface area contributed by atoms with Crippen LogP contribution in [-0.4, -0.2) is 15.0 Å². The first-order valence-corrected chi connectivity index (χ1v) is 14.6. The van der Waals surface area contributed by atoms with Gasteiger partial charge < -0.3 is 14.4 Å². The maximum absolute atomic E-state index is 6.32. The van der Waals surface area contributed by atoms with Crippen LogP contribution in [0, 0.1) is 32.9 Å². The number of aromatic nitrogens is 3. The molecular formula is C39H33IrN3O-2. The van der Waals surface area contributed by atoms with Crippen molar-refractivity contribution in [2.45, 2.75) is 40.5 Å². The number of rotatable bonds is 4. The SMILES string of the molecule is Cc1cc(-c2[c-]ccc3c2oc2nc(-c4c(C)cccc4C)ccc23)ncc1C(C)C.[Ir].[c-]1ccccc1-c1ccccn1. The van der Waals surface area contributed by atoms with E-state index in [2.05, 4.69) is 88.1 Å². The summed E-state index contributed by atoms with van der Waals surface area (Å²) >= 11 is 0. The molecular weight excluding hydrogens is 719 g/mol. The minimum atomic E-state index is 0. The summed E-state index contributed by atoms with van der Waals surface area (Å²) in [5.41, 5.74) is 12.2. The third-order valence-electron chi connectivity index (χ3n) is 7.72. The van der Waals surface area contributed by atoms with Gasteiger partial charge in [0.2, 0.25) is 5.71 Å². The monoisotopic (exact) mass is 752 g/mol. The number of furan rings is 1. The molecule has 0 fully saturated rings. The van der Waals surface area contributed by atoms with E-state index in [0.29, 0.717) is 11.6 Å². The summed E-state index contributed by atoms with van der Waals surface area (Å²) in [6.07, 6.45) is 3.76. The van der Waals surface area contributed by atoms with E-state index in [4.69, 9.17) is 14.4 Å². The summed E-state index contributed by atoms with van der Waals surface area (Å²) in [6.45, 7) is 10.8. The number of hydrogen-bond acceptors (Lipinski definition) is 4. The molecule has 7 rings (SSSR count). The molecule has 0 aliphatic carbocycles. The molecule has 7 aromatic rings. The van der Waals surface area contributed by atoms with Gasteiger partial charge in [-0.15, -0.1) is 54.1 Å². The van der Waals surface area contributed by atoms with E-state index in [1.54, 1.807) is 6.20 Å². The van der Waals surface area contributed by atoms with Gasteiger partial charge in [-0.25, -0.2) is 4.98 Å². The minimum absolute atomic E-state index is 0. The predicted octanol–water partition coefficient (Wildman–Crippen LogP) is 10.1. The molecule has 0 amide bonds. The van der Waals surface area contributed by atoms with Gasteiger partial charge in [0.05, 0.1) is 11.3 Å². The quantitative estimate of drug-likeness (QED) is 0.168. The van der Waals surface area contributed by atoms with Gasteiger partial charge in [-0.05, 0) is 73.0 Å². The number of pyridine rings is 3. The smallest absolute Gasteiger partial charge is 0.216 e. The standard InChI is InChI=1S/C28H25N2O.C11H8N.Ir/c1-16(2)23-15-29-25(14-19(23)5)22-11-7-10-20-21-12-13-24(30-28(21)31-27(20)22)26-17(3)8-6-9-18(26)4;1-2-6-10(7-3-1)11-8-4-5-9-12-11;/h6-10,12-16H,1-5H3;1-6,8-9H;/q2*-1;. The molecule has 0 unspecified atom stereocenters. The summed E-state index contributed by atoms with van der Waals surface area (Å²) in [5, 5.41) is 2.05. The summed E-state index contributed by atoms with van der Waals surface area (Å²) < 4.78 is 6.32. The third kappa shape index (κ3) is 6.26. The molecule has 0 saturated carbocycles. The van der Waals surface area contributed by atoms with Gasteiger partial charge in [0.1, 0.15) is 0 Å². The number of aryl methyl sites for hydroxylation is 3. The first-order chi connectivity index (χ1) is 20.9. The van der Waals surface area contributed by atoms with E-state index < -0.39 is 0 Å². The Morgan fingerprint density at radius 1 is 0.682 bits per heavy atom. The van der Waals surface area contributed by atoms with Crippen LogP contribution in [0.5, 0.6) is 0 Å². The van der Waals surface area contributed by atoms with E-state index in [0.717, 1.165) is 44.6 Å². The van der Waals surface area contributed by atoms with Crippen LogP contribution >= 0.6 is 0 Å². The molecule has 0 spiro atoms. The van der Waals surface area contributed by atoms with Crippen molar-refractivity contribution in [2.75, 3.05) is 0 Å². The minimum Gasteiger partial charge on any atom is -0.486 e. The molecule has 1 radical (unpaired) electrons. The van der Waals surface area contributed by atoms with Gasteiger partial charge in [-0.1, -0.05) is 66.8 Å². The molecule has 0 bridgehead atoms. The predicted molar refractivity (Wildman–Crippen MR) is 176 cm³/mol. The maximum atomic E-state index is 6.32. The van der Waals surface area contributed by atoms with Crippen LogP contribution in [0.2, 0.25) is 0 Å². The van der Waals surface area contributed by atoms with E-state index in [9.17, 15) is 0 Å². The van der Waals surface area contributed by atoms with Gasteiger partial charge in [-0.2, -0.15) is 0 Å². The zero-order valence-electron chi connectivity index (χ0n) is 25.5. The maximum Gasteiger partial charge on any atom is 0.216 e. The molecule has 3 aromatic carbocycles. The number of benzene rings is 3. The fourth-order valence-electron chi connectivity index (χ4n) is 5.55. The summed E-state index contributed by atoms with van der Waals surface area (Å²) in [5.74, 6) is 0.444. The fourth-order valence-corrected chi connectivity index (χ4v) is 5.55. The van der Waals surface area contributed by atoms with Crippen molar-refractivity contribution in [3.8, 4) is 33.8 Å². The van der Waals surface area contributed by atoms with Crippen LogP contribution in [-0.2, 0) is 20.1 Å². The van der Waals surface area contributed by atoms with Crippen LogP contribution in [0.3, 0.4) is 0 Å². The molecule has 4 heterocycles. The Hall–Kier alpha value is -4.44. The second-order valence-electron chi connectivity index (χ2n) is 11.1. The van der Waals surface area contributed by atoms with Crippen LogP contribution in [0.25, 0.3) is 55.8 Å². The van der Waals surface area contributed by atoms with Crippen molar-refractivity contribution >= 4 is 22.1 Å². The Bertz CT molecular complexity index is 1970.